The Kier molecular flexibility index (Phi) is 4.59. The zero-order valence-electron chi connectivity index (χ0n) is 18.0. The Hall–Kier alpha value is -3.93. The van der Waals surface area contributed by atoms with Crippen molar-refractivity contribution in [2.75, 3.05) is 0 Å². The summed E-state index contributed by atoms with van der Waals surface area (Å²) < 4.78 is 0. The second-order valence-electron chi connectivity index (χ2n) is 8.45. The molecule has 160 valence electrons. The molecule has 0 atom stereocenters. The van der Waals surface area contributed by atoms with E-state index in [1.807, 2.05) is 18.2 Å². The van der Waals surface area contributed by atoms with E-state index in [9.17, 15) is 15.6 Å². The molecule has 3 aliphatic carbocycles. The molecule has 3 aliphatic rings. The molecule has 0 heterocycles. The normalized spacial score (nSPS) is 19.4. The Morgan fingerprint density at radius 2 is 0.781 bits per heavy atom. The van der Waals surface area contributed by atoms with E-state index in [1.54, 1.807) is 20.8 Å². The highest BCUT2D eigenvalue weighted by atomic mass is 16.4. The first-order chi connectivity index (χ1) is 15.5. The Balaban J connectivity index is 1.80. The minimum atomic E-state index is -0.0377. The second kappa shape index (κ2) is 7.34. The number of oxime groups is 3. The molecule has 0 amide bonds. The maximum absolute atomic E-state index is 9.30. The summed E-state index contributed by atoms with van der Waals surface area (Å²) in [7, 11) is 0. The third-order valence-electron chi connectivity index (χ3n) is 6.83. The monoisotopic (exact) mass is 425 g/mol. The number of hydrogen-bond acceptors (Lipinski definition) is 6. The first-order valence-electron chi connectivity index (χ1n) is 10.5. The lowest BCUT2D eigenvalue weighted by atomic mass is 9.60. The molecule has 0 unspecified atom stereocenters. The lowest BCUT2D eigenvalue weighted by molar-refractivity contribution is 0.319. The molecule has 3 aromatic carbocycles. The van der Waals surface area contributed by atoms with Crippen LogP contribution in [0.3, 0.4) is 0 Å². The Labute approximate surface area is 185 Å². The summed E-state index contributed by atoms with van der Waals surface area (Å²) in [4.78, 5) is 0. The van der Waals surface area contributed by atoms with Gasteiger partial charge in [0.2, 0.25) is 0 Å². The number of rotatable bonds is 3. The maximum atomic E-state index is 9.30. The fourth-order valence-corrected chi connectivity index (χ4v) is 5.12. The first-order valence-corrected chi connectivity index (χ1v) is 10.5. The predicted molar refractivity (Wildman–Crippen MR) is 123 cm³/mol. The molecule has 3 aromatic rings. The summed E-state index contributed by atoms with van der Waals surface area (Å²) in [6.45, 7) is 5.34. The maximum Gasteiger partial charge on any atom is 0.0837 e. The zero-order chi connectivity index (χ0) is 22.6. The van der Waals surface area contributed by atoms with Crippen molar-refractivity contribution in [3.63, 3.8) is 0 Å². The average molecular weight is 425 g/mol. The van der Waals surface area contributed by atoms with Gasteiger partial charge >= 0.3 is 0 Å². The van der Waals surface area contributed by atoms with Crippen molar-refractivity contribution >= 4 is 17.1 Å². The topological polar surface area (TPSA) is 97.8 Å². The molecule has 6 heteroatoms. The first kappa shape index (κ1) is 20.0. The van der Waals surface area contributed by atoms with Crippen molar-refractivity contribution in [3.8, 4) is 0 Å². The fourth-order valence-electron chi connectivity index (χ4n) is 5.12. The number of benzene rings is 3. The fraction of sp³-hybridized carbons (Fsp3) is 0.192. The van der Waals surface area contributed by atoms with Crippen molar-refractivity contribution in [2.24, 2.45) is 15.5 Å². The van der Waals surface area contributed by atoms with Gasteiger partial charge in [-0.2, -0.15) is 0 Å². The third kappa shape index (κ3) is 2.76. The Bertz CT molecular complexity index is 1190. The van der Waals surface area contributed by atoms with Crippen LogP contribution in [0.25, 0.3) is 0 Å². The number of nitrogens with zero attached hydrogens (tertiary/aromatic N) is 3. The summed E-state index contributed by atoms with van der Waals surface area (Å²) >= 11 is 0. The highest BCUT2D eigenvalue weighted by Gasteiger charge is 2.41. The van der Waals surface area contributed by atoms with Crippen LogP contribution in [-0.4, -0.2) is 32.8 Å². The van der Waals surface area contributed by atoms with Crippen LogP contribution in [0.2, 0.25) is 0 Å². The lowest BCUT2D eigenvalue weighted by Gasteiger charge is -2.42. The summed E-state index contributed by atoms with van der Waals surface area (Å²) in [5.74, 6) is 0.0330. The van der Waals surface area contributed by atoms with Crippen molar-refractivity contribution in [1.82, 2.24) is 0 Å². The molecule has 0 fully saturated rings. The minimum absolute atomic E-state index is 0.0377. The van der Waals surface area contributed by atoms with Crippen LogP contribution in [0.15, 0.2) is 70.1 Å². The summed E-state index contributed by atoms with van der Waals surface area (Å²) in [6, 6.07) is 18.7. The summed E-state index contributed by atoms with van der Waals surface area (Å²) in [6.07, 6.45) is 0. The van der Waals surface area contributed by atoms with Crippen LogP contribution in [0, 0.1) is 0 Å². The Morgan fingerprint density at radius 3 is 1.06 bits per heavy atom. The molecule has 6 rings (SSSR count). The minimum Gasteiger partial charge on any atom is -0.411 e. The molecule has 2 bridgehead atoms. The van der Waals surface area contributed by atoms with E-state index in [0.29, 0.717) is 17.1 Å². The quantitative estimate of drug-likeness (QED) is 0.209. The molecule has 0 aromatic heterocycles. The molecule has 0 radical (unpaired) electrons. The molecule has 0 aliphatic heterocycles. The van der Waals surface area contributed by atoms with E-state index in [2.05, 4.69) is 51.9 Å². The smallest absolute Gasteiger partial charge is 0.0837 e. The molecule has 0 saturated heterocycles. The van der Waals surface area contributed by atoms with Crippen molar-refractivity contribution in [2.45, 2.75) is 32.6 Å². The van der Waals surface area contributed by atoms with Crippen LogP contribution in [-0.2, 0) is 0 Å². The molecule has 32 heavy (non-hydrogen) atoms. The van der Waals surface area contributed by atoms with E-state index in [0.717, 1.165) is 16.7 Å². The molecular weight excluding hydrogens is 402 g/mol. The van der Waals surface area contributed by atoms with Gasteiger partial charge in [-0.05, 0) is 89.0 Å². The van der Waals surface area contributed by atoms with Gasteiger partial charge < -0.3 is 15.6 Å². The van der Waals surface area contributed by atoms with Crippen molar-refractivity contribution < 1.29 is 15.6 Å². The van der Waals surface area contributed by atoms with E-state index >= 15 is 0 Å². The van der Waals surface area contributed by atoms with Crippen LogP contribution in [0.1, 0.15) is 82.7 Å². The largest absolute Gasteiger partial charge is 0.411 e. The third-order valence-corrected chi connectivity index (χ3v) is 6.83. The Morgan fingerprint density at radius 1 is 0.500 bits per heavy atom. The van der Waals surface area contributed by atoms with Gasteiger partial charge in [0.1, 0.15) is 0 Å². The standard InChI is InChI=1S/C26H23N3O3/c1-13(27-30)16-4-7-19-22(10-16)26-23-11-17(14(2)28-31)5-8-20(23)25(19)21-9-6-18(12-24(21)26)15(3)29-32/h4-12,25-26,30-32H,1-3H3/b27-13+,28-14+,29-15+. The van der Waals surface area contributed by atoms with Gasteiger partial charge in [0.25, 0.3) is 0 Å². The van der Waals surface area contributed by atoms with Gasteiger partial charge in [-0.15, -0.1) is 0 Å². The van der Waals surface area contributed by atoms with Crippen molar-refractivity contribution in [3.05, 3.63) is 105 Å². The molecule has 0 saturated carbocycles. The van der Waals surface area contributed by atoms with E-state index in [1.165, 1.54) is 33.4 Å². The zero-order valence-corrected chi connectivity index (χ0v) is 18.0. The van der Waals surface area contributed by atoms with E-state index in [-0.39, 0.29) is 11.8 Å². The van der Waals surface area contributed by atoms with Crippen LogP contribution in [0.4, 0.5) is 0 Å². The van der Waals surface area contributed by atoms with E-state index in [4.69, 9.17) is 0 Å². The highest BCUT2D eigenvalue weighted by Crippen LogP contribution is 2.56. The predicted octanol–water partition coefficient (Wildman–Crippen LogP) is 5.27. The SMILES string of the molecule is C/C(=N\O)c1ccc2c(c1)C1c3cc(/C(C)=N/O)ccc3C2c2ccc(/C(C)=N/O)cc21. The van der Waals surface area contributed by atoms with Gasteiger partial charge in [0.05, 0.1) is 17.1 Å². The molecule has 3 N–H and O–H groups in total. The molecule has 6 nitrogen and oxygen atoms in total. The van der Waals surface area contributed by atoms with Gasteiger partial charge in [-0.3, -0.25) is 0 Å². The van der Waals surface area contributed by atoms with Gasteiger partial charge in [-0.1, -0.05) is 51.9 Å². The average Bonchev–Trinajstić information content (AvgIpc) is 2.85. The summed E-state index contributed by atoms with van der Waals surface area (Å²) in [5, 5.41) is 38.1. The van der Waals surface area contributed by atoms with Crippen molar-refractivity contribution in [1.29, 1.82) is 0 Å². The van der Waals surface area contributed by atoms with Gasteiger partial charge in [0, 0.05) is 11.8 Å². The van der Waals surface area contributed by atoms with Crippen LogP contribution in [0.5, 0.6) is 0 Å². The van der Waals surface area contributed by atoms with Crippen LogP contribution < -0.4 is 0 Å². The molecule has 0 spiro atoms. The van der Waals surface area contributed by atoms with E-state index < -0.39 is 0 Å². The summed E-state index contributed by atoms with van der Waals surface area (Å²) in [5.41, 5.74) is 11.5. The highest BCUT2D eigenvalue weighted by molar-refractivity contribution is 6.00. The van der Waals surface area contributed by atoms with Gasteiger partial charge in [-0.25, -0.2) is 0 Å². The van der Waals surface area contributed by atoms with Gasteiger partial charge in [0.15, 0.2) is 0 Å². The lowest BCUT2D eigenvalue weighted by Crippen LogP contribution is -2.28. The van der Waals surface area contributed by atoms with Crippen LogP contribution >= 0.6 is 0 Å². The number of hydrogen-bond donors (Lipinski definition) is 3. The second-order valence-corrected chi connectivity index (χ2v) is 8.45. The molecular formula is C26H23N3O3.